The smallest absolute Gasteiger partial charge is 0.255 e. The molecule has 2 aromatic heterocycles. The van der Waals surface area contributed by atoms with Gasteiger partial charge in [0.05, 0.1) is 11.3 Å². The van der Waals surface area contributed by atoms with Crippen molar-refractivity contribution in [3.05, 3.63) is 42.6 Å². The van der Waals surface area contributed by atoms with Gasteiger partial charge in [0.25, 0.3) is 5.91 Å². The summed E-state index contributed by atoms with van der Waals surface area (Å²) in [6, 6.07) is 3.69. The lowest BCUT2D eigenvalue weighted by atomic mass is 10.1. The fraction of sp³-hybridized carbons (Fsp3) is 0.375. The van der Waals surface area contributed by atoms with Gasteiger partial charge >= 0.3 is 0 Å². The predicted molar refractivity (Wildman–Crippen MR) is 79.6 cm³/mol. The number of hydrogen-bond donors (Lipinski definition) is 0. The first kappa shape index (κ1) is 13.7. The van der Waals surface area contributed by atoms with Crippen molar-refractivity contribution in [1.82, 2.24) is 19.9 Å². The second-order valence-corrected chi connectivity index (χ2v) is 5.27. The minimum absolute atomic E-state index is 0.0836. The standard InChI is InChI=1S/C16H18N4O/c21-16(20-7-3-1-2-4-8-20)13-5-6-15(19-11-13)14-9-17-12-18-10-14/h5-6,9-12H,1-4,7-8H2. The molecule has 21 heavy (non-hydrogen) atoms. The molecule has 0 aromatic carbocycles. The second kappa shape index (κ2) is 6.43. The molecule has 1 aliphatic heterocycles. The number of hydrogen-bond acceptors (Lipinski definition) is 4. The van der Waals surface area contributed by atoms with Gasteiger partial charge in [0.15, 0.2) is 0 Å². The third-order valence-corrected chi connectivity index (χ3v) is 3.76. The Bertz CT molecular complexity index is 589. The van der Waals surface area contributed by atoms with Crippen LogP contribution in [0.25, 0.3) is 11.3 Å². The van der Waals surface area contributed by atoms with E-state index in [0.29, 0.717) is 5.56 Å². The maximum Gasteiger partial charge on any atom is 0.255 e. The third-order valence-electron chi connectivity index (χ3n) is 3.76. The topological polar surface area (TPSA) is 59.0 Å². The minimum atomic E-state index is 0.0836. The van der Waals surface area contributed by atoms with E-state index in [1.807, 2.05) is 17.0 Å². The first-order valence-electron chi connectivity index (χ1n) is 7.35. The Labute approximate surface area is 124 Å². The van der Waals surface area contributed by atoms with Gasteiger partial charge in [-0.3, -0.25) is 9.78 Å². The lowest BCUT2D eigenvalue weighted by molar-refractivity contribution is 0.0761. The number of carbonyl (C=O) groups is 1. The molecule has 0 atom stereocenters. The zero-order chi connectivity index (χ0) is 14.5. The van der Waals surface area contributed by atoms with Crippen molar-refractivity contribution >= 4 is 5.91 Å². The van der Waals surface area contributed by atoms with Gasteiger partial charge in [-0.1, -0.05) is 12.8 Å². The van der Waals surface area contributed by atoms with Gasteiger partial charge in [0.2, 0.25) is 0 Å². The zero-order valence-corrected chi connectivity index (χ0v) is 11.9. The van der Waals surface area contributed by atoms with E-state index in [4.69, 9.17) is 0 Å². The van der Waals surface area contributed by atoms with Crippen molar-refractivity contribution in [3.63, 3.8) is 0 Å². The van der Waals surface area contributed by atoms with E-state index in [-0.39, 0.29) is 5.91 Å². The summed E-state index contributed by atoms with van der Waals surface area (Å²) in [4.78, 5) is 26.7. The van der Waals surface area contributed by atoms with Crippen molar-refractivity contribution in [2.45, 2.75) is 25.7 Å². The van der Waals surface area contributed by atoms with Crippen molar-refractivity contribution < 1.29 is 4.79 Å². The summed E-state index contributed by atoms with van der Waals surface area (Å²) in [5, 5.41) is 0. The summed E-state index contributed by atoms with van der Waals surface area (Å²) in [6.07, 6.45) is 11.2. The lowest BCUT2D eigenvalue weighted by Gasteiger charge is -2.20. The zero-order valence-electron chi connectivity index (χ0n) is 11.9. The average molecular weight is 282 g/mol. The summed E-state index contributed by atoms with van der Waals surface area (Å²) in [6.45, 7) is 1.71. The molecule has 5 nitrogen and oxygen atoms in total. The van der Waals surface area contributed by atoms with Crippen molar-refractivity contribution in [2.24, 2.45) is 0 Å². The first-order chi connectivity index (χ1) is 10.3. The Hall–Kier alpha value is -2.30. The Balaban J connectivity index is 1.76. The van der Waals surface area contributed by atoms with E-state index < -0.39 is 0 Å². The van der Waals surface area contributed by atoms with E-state index in [0.717, 1.165) is 37.2 Å². The molecule has 108 valence electrons. The highest BCUT2D eigenvalue weighted by Crippen LogP contribution is 2.17. The van der Waals surface area contributed by atoms with Crippen molar-refractivity contribution in [1.29, 1.82) is 0 Å². The molecule has 0 radical (unpaired) electrons. The van der Waals surface area contributed by atoms with Crippen LogP contribution in [0.4, 0.5) is 0 Å². The monoisotopic (exact) mass is 282 g/mol. The van der Waals surface area contributed by atoms with E-state index in [1.54, 1.807) is 18.6 Å². The molecule has 0 aliphatic carbocycles. The molecule has 0 saturated carbocycles. The van der Waals surface area contributed by atoms with Crippen LogP contribution in [0, 0.1) is 0 Å². The lowest BCUT2D eigenvalue weighted by Crippen LogP contribution is -2.31. The van der Waals surface area contributed by atoms with Crippen LogP contribution < -0.4 is 0 Å². The molecule has 3 rings (SSSR count). The van der Waals surface area contributed by atoms with E-state index >= 15 is 0 Å². The molecule has 2 aromatic rings. The molecule has 0 N–H and O–H groups in total. The molecule has 0 bridgehead atoms. The summed E-state index contributed by atoms with van der Waals surface area (Å²) in [5.41, 5.74) is 2.28. The van der Waals surface area contributed by atoms with Crippen LogP contribution in [0.1, 0.15) is 36.0 Å². The van der Waals surface area contributed by atoms with E-state index in [9.17, 15) is 4.79 Å². The molecule has 1 saturated heterocycles. The molecule has 0 unspecified atom stereocenters. The Morgan fingerprint density at radius 2 is 1.67 bits per heavy atom. The molecular weight excluding hydrogens is 264 g/mol. The average Bonchev–Trinajstić information content (AvgIpc) is 2.84. The van der Waals surface area contributed by atoms with Gasteiger partial charge in [0.1, 0.15) is 6.33 Å². The molecule has 0 spiro atoms. The normalized spacial score (nSPS) is 15.5. The van der Waals surface area contributed by atoms with Gasteiger partial charge in [-0.05, 0) is 25.0 Å². The Kier molecular flexibility index (Phi) is 4.19. The fourth-order valence-electron chi connectivity index (χ4n) is 2.58. The molecule has 1 aliphatic rings. The van der Waals surface area contributed by atoms with Crippen molar-refractivity contribution in [3.8, 4) is 11.3 Å². The Morgan fingerprint density at radius 1 is 0.952 bits per heavy atom. The maximum absolute atomic E-state index is 12.5. The van der Waals surface area contributed by atoms with Crippen LogP contribution >= 0.6 is 0 Å². The highest BCUT2D eigenvalue weighted by Gasteiger charge is 2.17. The second-order valence-electron chi connectivity index (χ2n) is 5.27. The third kappa shape index (κ3) is 3.24. The molecule has 1 fully saturated rings. The van der Waals surface area contributed by atoms with E-state index in [1.165, 1.54) is 19.2 Å². The number of rotatable bonds is 2. The van der Waals surface area contributed by atoms with Gasteiger partial charge in [-0.15, -0.1) is 0 Å². The van der Waals surface area contributed by atoms with Gasteiger partial charge < -0.3 is 4.90 Å². The number of nitrogens with zero attached hydrogens (tertiary/aromatic N) is 4. The van der Waals surface area contributed by atoms with Crippen LogP contribution in [-0.4, -0.2) is 38.8 Å². The number of likely N-dealkylation sites (tertiary alicyclic amines) is 1. The maximum atomic E-state index is 12.5. The van der Waals surface area contributed by atoms with Gasteiger partial charge in [-0.2, -0.15) is 0 Å². The predicted octanol–water partition coefficient (Wildman–Crippen LogP) is 2.55. The number of carbonyl (C=O) groups excluding carboxylic acids is 1. The largest absolute Gasteiger partial charge is 0.339 e. The van der Waals surface area contributed by atoms with Crippen LogP contribution in [0.15, 0.2) is 37.1 Å². The highest BCUT2D eigenvalue weighted by molar-refractivity contribution is 5.94. The summed E-state index contributed by atoms with van der Waals surface area (Å²) in [7, 11) is 0. The van der Waals surface area contributed by atoms with Crippen LogP contribution in [-0.2, 0) is 0 Å². The number of amides is 1. The van der Waals surface area contributed by atoms with E-state index in [2.05, 4.69) is 15.0 Å². The molecule has 1 amide bonds. The fourth-order valence-corrected chi connectivity index (χ4v) is 2.58. The van der Waals surface area contributed by atoms with Gasteiger partial charge in [-0.25, -0.2) is 9.97 Å². The summed E-state index contributed by atoms with van der Waals surface area (Å²) in [5.74, 6) is 0.0836. The summed E-state index contributed by atoms with van der Waals surface area (Å²) >= 11 is 0. The highest BCUT2D eigenvalue weighted by atomic mass is 16.2. The van der Waals surface area contributed by atoms with Crippen LogP contribution in [0.5, 0.6) is 0 Å². The van der Waals surface area contributed by atoms with Gasteiger partial charge in [0, 0.05) is 37.2 Å². The summed E-state index contributed by atoms with van der Waals surface area (Å²) < 4.78 is 0. The minimum Gasteiger partial charge on any atom is -0.339 e. The molecule has 5 heteroatoms. The quantitative estimate of drug-likeness (QED) is 0.849. The number of pyridine rings is 1. The molecule has 3 heterocycles. The SMILES string of the molecule is O=C(c1ccc(-c2cncnc2)nc1)N1CCCCCC1. The van der Waals surface area contributed by atoms with Crippen LogP contribution in [0.3, 0.4) is 0 Å². The van der Waals surface area contributed by atoms with Crippen LogP contribution in [0.2, 0.25) is 0 Å². The first-order valence-corrected chi connectivity index (χ1v) is 7.35. The van der Waals surface area contributed by atoms with Crippen molar-refractivity contribution in [2.75, 3.05) is 13.1 Å². The Morgan fingerprint density at radius 3 is 2.29 bits per heavy atom. The molecular formula is C16H18N4O. The number of aromatic nitrogens is 3.